The molecule has 136 valence electrons. The summed E-state index contributed by atoms with van der Waals surface area (Å²) in [6, 6.07) is 8.36. The number of hydrogen-bond acceptors (Lipinski definition) is 4. The zero-order valence-corrected chi connectivity index (χ0v) is 14.2. The van der Waals surface area contributed by atoms with E-state index in [0.29, 0.717) is 23.1 Å². The van der Waals surface area contributed by atoms with Crippen LogP contribution in [0.1, 0.15) is 11.1 Å². The van der Waals surface area contributed by atoms with Crippen molar-refractivity contribution in [2.75, 3.05) is 14.2 Å². The molecule has 5 nitrogen and oxygen atoms in total. The molecule has 0 amide bonds. The van der Waals surface area contributed by atoms with E-state index in [1.54, 1.807) is 18.2 Å². The van der Waals surface area contributed by atoms with Gasteiger partial charge in [0.2, 0.25) is 10.0 Å². The Bertz CT molecular complexity index is 851. The molecule has 0 fully saturated rings. The van der Waals surface area contributed by atoms with E-state index in [2.05, 4.69) is 4.72 Å². The fourth-order valence-corrected chi connectivity index (χ4v) is 3.16. The minimum absolute atomic E-state index is 0.112. The van der Waals surface area contributed by atoms with Gasteiger partial charge in [0, 0.05) is 6.54 Å². The Labute approximate surface area is 143 Å². The highest BCUT2D eigenvalue weighted by Gasteiger charge is 2.31. The van der Waals surface area contributed by atoms with Gasteiger partial charge in [0.05, 0.1) is 24.7 Å². The predicted molar refractivity (Wildman–Crippen MR) is 85.0 cm³/mol. The van der Waals surface area contributed by atoms with Crippen molar-refractivity contribution in [2.24, 2.45) is 0 Å². The molecular formula is C16H16F3NO4S. The van der Waals surface area contributed by atoms with Crippen molar-refractivity contribution < 1.29 is 31.1 Å². The van der Waals surface area contributed by atoms with Crippen molar-refractivity contribution in [1.29, 1.82) is 0 Å². The molecule has 0 saturated heterocycles. The van der Waals surface area contributed by atoms with Crippen molar-refractivity contribution in [3.63, 3.8) is 0 Å². The number of hydrogen-bond donors (Lipinski definition) is 1. The summed E-state index contributed by atoms with van der Waals surface area (Å²) in [4.78, 5) is -0.456. The summed E-state index contributed by atoms with van der Waals surface area (Å²) in [5, 5.41) is 0. The van der Waals surface area contributed by atoms with Crippen molar-refractivity contribution in [1.82, 2.24) is 4.72 Å². The first-order chi connectivity index (χ1) is 11.7. The Morgan fingerprint density at radius 1 is 1.00 bits per heavy atom. The lowest BCUT2D eigenvalue weighted by atomic mass is 10.2. The summed E-state index contributed by atoms with van der Waals surface area (Å²) in [5.41, 5.74) is -0.463. The van der Waals surface area contributed by atoms with Gasteiger partial charge in [-0.15, -0.1) is 0 Å². The first-order valence-electron chi connectivity index (χ1n) is 7.05. The van der Waals surface area contributed by atoms with Crippen LogP contribution in [0.4, 0.5) is 13.2 Å². The lowest BCUT2D eigenvalue weighted by Gasteiger charge is -2.12. The standard InChI is InChI=1S/C16H16F3NO4S/c1-23-14-7-6-11(8-15(14)24-2)10-20-25(21,22)13-5-3-4-12(9-13)16(17,18)19/h3-9,20H,10H2,1-2H3. The fourth-order valence-electron chi connectivity index (χ4n) is 2.09. The van der Waals surface area contributed by atoms with Crippen LogP contribution in [-0.4, -0.2) is 22.6 Å². The minimum Gasteiger partial charge on any atom is -0.493 e. The third-order valence-electron chi connectivity index (χ3n) is 3.39. The van der Waals surface area contributed by atoms with Gasteiger partial charge in [0.15, 0.2) is 11.5 Å². The van der Waals surface area contributed by atoms with Crippen molar-refractivity contribution >= 4 is 10.0 Å². The first kappa shape index (κ1) is 19.1. The number of methoxy groups -OCH3 is 2. The summed E-state index contributed by atoms with van der Waals surface area (Å²) in [5.74, 6) is 0.894. The molecule has 1 N–H and O–H groups in total. The third-order valence-corrected chi connectivity index (χ3v) is 4.78. The number of rotatable bonds is 6. The molecule has 0 atom stereocenters. The Morgan fingerprint density at radius 2 is 1.68 bits per heavy atom. The zero-order valence-electron chi connectivity index (χ0n) is 13.4. The number of alkyl halides is 3. The number of sulfonamides is 1. The molecule has 2 rings (SSSR count). The normalized spacial score (nSPS) is 12.0. The molecule has 0 aliphatic heterocycles. The van der Waals surface area contributed by atoms with Crippen LogP contribution in [0, 0.1) is 0 Å². The molecule has 0 radical (unpaired) electrons. The van der Waals surface area contributed by atoms with Crippen LogP contribution < -0.4 is 14.2 Å². The topological polar surface area (TPSA) is 64.6 Å². The van der Waals surface area contributed by atoms with Gasteiger partial charge >= 0.3 is 6.18 Å². The van der Waals surface area contributed by atoms with E-state index in [-0.39, 0.29) is 6.54 Å². The number of ether oxygens (including phenoxy) is 2. The van der Waals surface area contributed by atoms with Crippen LogP contribution >= 0.6 is 0 Å². The van der Waals surface area contributed by atoms with Crippen LogP contribution in [0.5, 0.6) is 11.5 Å². The van der Waals surface area contributed by atoms with E-state index in [0.717, 1.165) is 18.2 Å². The van der Waals surface area contributed by atoms with E-state index < -0.39 is 26.7 Å². The number of benzene rings is 2. The maximum absolute atomic E-state index is 12.7. The van der Waals surface area contributed by atoms with E-state index in [1.807, 2.05) is 0 Å². The fraction of sp³-hybridized carbons (Fsp3) is 0.250. The van der Waals surface area contributed by atoms with Gasteiger partial charge in [-0.25, -0.2) is 13.1 Å². The molecule has 9 heteroatoms. The highest BCUT2D eigenvalue weighted by atomic mass is 32.2. The second-order valence-corrected chi connectivity index (χ2v) is 6.81. The molecule has 0 aliphatic rings. The second kappa shape index (κ2) is 7.32. The maximum atomic E-state index is 12.7. The summed E-state index contributed by atoms with van der Waals surface area (Å²) in [6.07, 6.45) is -4.62. The number of nitrogens with one attached hydrogen (secondary N) is 1. The highest BCUT2D eigenvalue weighted by molar-refractivity contribution is 7.89. The van der Waals surface area contributed by atoms with Gasteiger partial charge in [-0.2, -0.15) is 13.2 Å². The molecule has 0 spiro atoms. The average molecular weight is 375 g/mol. The third kappa shape index (κ3) is 4.64. The van der Waals surface area contributed by atoms with Crippen LogP contribution in [0.3, 0.4) is 0 Å². The van der Waals surface area contributed by atoms with Crippen molar-refractivity contribution in [2.45, 2.75) is 17.6 Å². The van der Waals surface area contributed by atoms with Crippen LogP contribution in [0.25, 0.3) is 0 Å². The molecule has 0 heterocycles. The highest BCUT2D eigenvalue weighted by Crippen LogP contribution is 2.31. The van der Waals surface area contributed by atoms with Gasteiger partial charge in [-0.05, 0) is 35.9 Å². The molecular weight excluding hydrogens is 359 g/mol. The van der Waals surface area contributed by atoms with Crippen LogP contribution in [0.2, 0.25) is 0 Å². The van der Waals surface area contributed by atoms with Gasteiger partial charge in [0.25, 0.3) is 0 Å². The van der Waals surface area contributed by atoms with E-state index in [9.17, 15) is 21.6 Å². The number of halogens is 3. The SMILES string of the molecule is COc1ccc(CNS(=O)(=O)c2cccc(C(F)(F)F)c2)cc1OC. The molecule has 25 heavy (non-hydrogen) atoms. The Morgan fingerprint density at radius 3 is 2.28 bits per heavy atom. The molecule has 0 saturated carbocycles. The molecule has 2 aromatic carbocycles. The zero-order chi connectivity index (χ0) is 18.7. The molecule has 2 aromatic rings. The van der Waals surface area contributed by atoms with Gasteiger partial charge in [-0.3, -0.25) is 0 Å². The lowest BCUT2D eigenvalue weighted by Crippen LogP contribution is -2.23. The molecule has 0 unspecified atom stereocenters. The Kier molecular flexibility index (Phi) is 5.58. The summed E-state index contributed by atoms with van der Waals surface area (Å²) < 4.78 is 75.1. The average Bonchev–Trinajstić information content (AvgIpc) is 2.59. The Balaban J connectivity index is 2.20. The molecule has 0 bridgehead atoms. The minimum atomic E-state index is -4.62. The second-order valence-electron chi connectivity index (χ2n) is 5.04. The van der Waals surface area contributed by atoms with Gasteiger partial charge < -0.3 is 9.47 Å². The van der Waals surface area contributed by atoms with Gasteiger partial charge in [-0.1, -0.05) is 12.1 Å². The largest absolute Gasteiger partial charge is 0.493 e. The van der Waals surface area contributed by atoms with E-state index in [1.165, 1.54) is 14.2 Å². The van der Waals surface area contributed by atoms with Crippen molar-refractivity contribution in [3.05, 3.63) is 53.6 Å². The molecule has 0 aliphatic carbocycles. The summed E-state index contributed by atoms with van der Waals surface area (Å²) >= 11 is 0. The smallest absolute Gasteiger partial charge is 0.416 e. The summed E-state index contributed by atoms with van der Waals surface area (Å²) in [6.45, 7) is -0.112. The predicted octanol–water partition coefficient (Wildman–Crippen LogP) is 3.20. The van der Waals surface area contributed by atoms with Crippen molar-refractivity contribution in [3.8, 4) is 11.5 Å². The summed E-state index contributed by atoms with van der Waals surface area (Å²) in [7, 11) is -1.19. The monoisotopic (exact) mass is 375 g/mol. The quantitative estimate of drug-likeness (QED) is 0.842. The van der Waals surface area contributed by atoms with Crippen LogP contribution in [-0.2, 0) is 22.7 Å². The Hall–Kier alpha value is -2.26. The van der Waals surface area contributed by atoms with E-state index >= 15 is 0 Å². The maximum Gasteiger partial charge on any atom is 0.416 e. The lowest BCUT2D eigenvalue weighted by molar-refractivity contribution is -0.137. The van der Waals surface area contributed by atoms with E-state index in [4.69, 9.17) is 9.47 Å². The van der Waals surface area contributed by atoms with Gasteiger partial charge in [0.1, 0.15) is 0 Å². The van der Waals surface area contributed by atoms with Crippen LogP contribution in [0.15, 0.2) is 47.4 Å². The molecule has 0 aromatic heterocycles. The first-order valence-corrected chi connectivity index (χ1v) is 8.53.